The molecule has 0 saturated heterocycles. The molecule has 0 aliphatic carbocycles. The molecule has 10 nitrogen and oxygen atoms in total. The molecule has 0 spiro atoms. The van der Waals surface area contributed by atoms with Crippen molar-refractivity contribution in [1.82, 2.24) is 0 Å². The predicted molar refractivity (Wildman–Crippen MR) is 168 cm³/mol. The second-order valence-electron chi connectivity index (χ2n) is 12.5. The Kier molecular flexibility index (Phi) is 26.6. The molecule has 0 radical (unpaired) electrons. The van der Waals surface area contributed by atoms with Crippen molar-refractivity contribution >= 4 is 19.8 Å². The van der Waals surface area contributed by atoms with Crippen molar-refractivity contribution in [3.05, 3.63) is 0 Å². The molecule has 0 aliphatic heterocycles. The van der Waals surface area contributed by atoms with Crippen LogP contribution in [0.15, 0.2) is 0 Å². The lowest BCUT2D eigenvalue weighted by Crippen LogP contribution is -2.29. The molecule has 3 N–H and O–H groups in total. The molecule has 256 valence electrons. The minimum atomic E-state index is -4.60. The molecule has 0 fully saturated rings. The molecular weight excluding hydrogens is 575 g/mol. The van der Waals surface area contributed by atoms with Crippen molar-refractivity contribution in [2.75, 3.05) is 26.4 Å². The van der Waals surface area contributed by atoms with E-state index in [9.17, 15) is 24.2 Å². The summed E-state index contributed by atoms with van der Waals surface area (Å²) in [4.78, 5) is 34.6. The maximum Gasteiger partial charge on any atom is 0.472 e. The molecule has 0 aromatic heterocycles. The van der Waals surface area contributed by atoms with Gasteiger partial charge in [-0.25, -0.2) is 4.57 Å². The maximum atomic E-state index is 12.4. The molecule has 11 heteroatoms. The smallest absolute Gasteiger partial charge is 0.462 e. The van der Waals surface area contributed by atoms with Crippen molar-refractivity contribution in [1.29, 1.82) is 0 Å². The second-order valence-corrected chi connectivity index (χ2v) is 14.0. The van der Waals surface area contributed by atoms with E-state index in [1.807, 2.05) is 0 Å². The molecule has 1 unspecified atom stereocenters. The SMILES string of the molecule is CC(C)CCCCCCCCCCC(=O)OC[C@H](COP(=O)(O)OC[C@@H](O)CO)OC(=O)CCCCCCCCC(C)C. The summed E-state index contributed by atoms with van der Waals surface area (Å²) in [5, 5.41) is 18.2. The number of carbonyl (C=O) groups is 2. The quantitative estimate of drug-likeness (QED) is 0.0417. The lowest BCUT2D eigenvalue weighted by molar-refractivity contribution is -0.161. The van der Waals surface area contributed by atoms with E-state index in [0.717, 1.165) is 44.4 Å². The third-order valence-electron chi connectivity index (χ3n) is 7.12. The van der Waals surface area contributed by atoms with Gasteiger partial charge < -0.3 is 24.6 Å². The number of phosphoric acid groups is 1. The minimum absolute atomic E-state index is 0.185. The van der Waals surface area contributed by atoms with Crippen LogP contribution in [0.4, 0.5) is 0 Å². The van der Waals surface area contributed by atoms with Crippen LogP contribution in [0.5, 0.6) is 0 Å². The van der Waals surface area contributed by atoms with Gasteiger partial charge in [-0.3, -0.25) is 18.6 Å². The highest BCUT2D eigenvalue weighted by Gasteiger charge is 2.27. The Labute approximate surface area is 261 Å². The number of carbonyl (C=O) groups excluding carboxylic acids is 2. The largest absolute Gasteiger partial charge is 0.472 e. The number of aliphatic hydroxyl groups excluding tert-OH is 2. The number of unbranched alkanes of at least 4 members (excludes halogenated alkanes) is 12. The van der Waals surface area contributed by atoms with E-state index in [0.29, 0.717) is 18.8 Å². The van der Waals surface area contributed by atoms with E-state index in [1.165, 1.54) is 51.4 Å². The lowest BCUT2D eigenvalue weighted by atomic mass is 10.0. The molecule has 0 aromatic rings. The Morgan fingerprint density at radius 1 is 0.628 bits per heavy atom. The van der Waals surface area contributed by atoms with Crippen LogP contribution < -0.4 is 0 Å². The molecular formula is C32H63O10P. The molecule has 0 rings (SSSR count). The zero-order valence-corrected chi connectivity index (χ0v) is 28.4. The highest BCUT2D eigenvalue weighted by atomic mass is 31.2. The van der Waals surface area contributed by atoms with E-state index in [2.05, 4.69) is 32.2 Å². The van der Waals surface area contributed by atoms with E-state index in [1.54, 1.807) is 0 Å². The third-order valence-corrected chi connectivity index (χ3v) is 8.07. The van der Waals surface area contributed by atoms with Gasteiger partial charge in [-0.15, -0.1) is 0 Å². The molecule has 3 atom stereocenters. The predicted octanol–water partition coefficient (Wildman–Crippen LogP) is 7.26. The number of esters is 2. The van der Waals surface area contributed by atoms with Gasteiger partial charge in [0, 0.05) is 12.8 Å². The Hall–Kier alpha value is -1.03. The van der Waals surface area contributed by atoms with Gasteiger partial charge in [0.25, 0.3) is 0 Å². The zero-order valence-electron chi connectivity index (χ0n) is 27.5. The Bertz CT molecular complexity index is 731. The van der Waals surface area contributed by atoms with Gasteiger partial charge >= 0.3 is 19.8 Å². The first-order valence-corrected chi connectivity index (χ1v) is 18.2. The summed E-state index contributed by atoms with van der Waals surface area (Å²) < 4.78 is 32.4. The first-order valence-electron chi connectivity index (χ1n) is 16.7. The highest BCUT2D eigenvalue weighted by Crippen LogP contribution is 2.43. The number of hydrogen-bond acceptors (Lipinski definition) is 9. The lowest BCUT2D eigenvalue weighted by Gasteiger charge is -2.20. The van der Waals surface area contributed by atoms with Crippen molar-refractivity contribution in [2.24, 2.45) is 11.8 Å². The fourth-order valence-electron chi connectivity index (χ4n) is 4.48. The van der Waals surface area contributed by atoms with Crippen LogP contribution in [0.1, 0.15) is 143 Å². The average molecular weight is 639 g/mol. The number of rotatable bonds is 30. The number of ether oxygens (including phenoxy) is 2. The number of hydrogen-bond donors (Lipinski definition) is 3. The van der Waals surface area contributed by atoms with E-state index < -0.39 is 51.8 Å². The molecule has 43 heavy (non-hydrogen) atoms. The first-order chi connectivity index (χ1) is 20.4. The van der Waals surface area contributed by atoms with Gasteiger partial charge in [0.2, 0.25) is 0 Å². The van der Waals surface area contributed by atoms with Crippen LogP contribution in [0.3, 0.4) is 0 Å². The minimum Gasteiger partial charge on any atom is -0.462 e. The first kappa shape index (κ1) is 42.0. The van der Waals surface area contributed by atoms with E-state index in [4.69, 9.17) is 19.1 Å². The molecule has 0 amide bonds. The van der Waals surface area contributed by atoms with Gasteiger partial charge in [-0.2, -0.15) is 0 Å². The summed E-state index contributed by atoms with van der Waals surface area (Å²) in [5.74, 6) is 0.551. The molecule has 0 aliphatic rings. The van der Waals surface area contributed by atoms with Crippen molar-refractivity contribution in [3.63, 3.8) is 0 Å². The summed E-state index contributed by atoms with van der Waals surface area (Å²) in [7, 11) is -4.60. The van der Waals surface area contributed by atoms with Crippen molar-refractivity contribution in [3.8, 4) is 0 Å². The standard InChI is InChI=1S/C32H63O10P/c1-27(2)19-15-11-7-5-6-8-13-17-21-31(35)39-25-30(26-41-43(37,38)40-24-29(34)23-33)42-32(36)22-18-14-10-9-12-16-20-28(3)4/h27-30,33-34H,5-26H2,1-4H3,(H,37,38)/t29-,30+/m0/s1. The van der Waals surface area contributed by atoms with E-state index in [-0.39, 0.29) is 19.4 Å². The topological polar surface area (TPSA) is 149 Å². The summed E-state index contributed by atoms with van der Waals surface area (Å²) in [5.41, 5.74) is 0. The van der Waals surface area contributed by atoms with Crippen LogP contribution in [-0.4, -0.2) is 65.7 Å². The van der Waals surface area contributed by atoms with Gasteiger partial charge in [0.15, 0.2) is 6.10 Å². The van der Waals surface area contributed by atoms with Gasteiger partial charge in [-0.05, 0) is 24.7 Å². The number of aliphatic hydroxyl groups is 2. The normalized spacial score (nSPS) is 14.5. The van der Waals surface area contributed by atoms with Gasteiger partial charge in [0.05, 0.1) is 19.8 Å². The van der Waals surface area contributed by atoms with Crippen LogP contribution in [0.2, 0.25) is 0 Å². The zero-order chi connectivity index (χ0) is 32.3. The third kappa shape index (κ3) is 29.4. The van der Waals surface area contributed by atoms with Crippen LogP contribution in [0, 0.1) is 11.8 Å². The summed E-state index contributed by atoms with van der Waals surface area (Å²) in [6.45, 7) is 6.84. The fraction of sp³-hybridized carbons (Fsp3) is 0.938. The highest BCUT2D eigenvalue weighted by molar-refractivity contribution is 7.47. The van der Waals surface area contributed by atoms with Gasteiger partial charge in [-0.1, -0.05) is 118 Å². The molecule has 0 bridgehead atoms. The van der Waals surface area contributed by atoms with Crippen LogP contribution in [-0.2, 0) is 32.7 Å². The monoisotopic (exact) mass is 638 g/mol. The summed E-state index contributed by atoms with van der Waals surface area (Å²) in [6.07, 6.45) is 15.6. The van der Waals surface area contributed by atoms with Crippen molar-refractivity contribution < 1.29 is 47.8 Å². The van der Waals surface area contributed by atoms with Crippen molar-refractivity contribution in [2.45, 2.75) is 155 Å². The van der Waals surface area contributed by atoms with Crippen LogP contribution in [0.25, 0.3) is 0 Å². The fourth-order valence-corrected chi connectivity index (χ4v) is 5.27. The Morgan fingerprint density at radius 2 is 1.05 bits per heavy atom. The van der Waals surface area contributed by atoms with E-state index >= 15 is 0 Å². The number of phosphoric ester groups is 1. The Morgan fingerprint density at radius 3 is 1.51 bits per heavy atom. The summed E-state index contributed by atoms with van der Waals surface area (Å²) >= 11 is 0. The van der Waals surface area contributed by atoms with Crippen LogP contribution >= 0.6 is 7.82 Å². The maximum absolute atomic E-state index is 12.4. The second kappa shape index (κ2) is 27.3. The average Bonchev–Trinajstić information content (AvgIpc) is 2.95. The molecule has 0 aromatic carbocycles. The Balaban J connectivity index is 4.44. The molecule has 0 heterocycles. The van der Waals surface area contributed by atoms with Gasteiger partial charge in [0.1, 0.15) is 12.7 Å². The molecule has 0 saturated carbocycles. The summed E-state index contributed by atoms with van der Waals surface area (Å²) in [6, 6.07) is 0.